The molecule has 0 spiro atoms. The molecule has 4 nitrogen and oxygen atoms in total. The van der Waals surface area contributed by atoms with E-state index >= 15 is 0 Å². The number of hydrogen-bond donors (Lipinski definition) is 3. The first-order valence-corrected chi connectivity index (χ1v) is 12.1. The van der Waals surface area contributed by atoms with Gasteiger partial charge in [-0.25, -0.2) is 4.39 Å². The topological polar surface area (TPSA) is 61.4 Å². The lowest BCUT2D eigenvalue weighted by molar-refractivity contribution is -0.121. The minimum absolute atomic E-state index is 0.277. The van der Waals surface area contributed by atoms with Crippen molar-refractivity contribution in [1.82, 2.24) is 10.6 Å². The van der Waals surface area contributed by atoms with Crippen molar-refractivity contribution >= 4 is 40.7 Å². The molecular formula is C25H30Cl3FN2O2. The molecule has 1 aliphatic rings. The summed E-state index contributed by atoms with van der Waals surface area (Å²) in [6, 6.07) is 13.4. The lowest BCUT2D eigenvalue weighted by atomic mass is 9.74. The predicted octanol–water partition coefficient (Wildman–Crippen LogP) is 5.88. The number of halogens is 4. The summed E-state index contributed by atoms with van der Waals surface area (Å²) in [5.41, 5.74) is 2.44. The lowest BCUT2D eigenvalue weighted by Crippen LogP contribution is -2.56. The molecule has 1 amide bonds. The Morgan fingerprint density at radius 2 is 1.79 bits per heavy atom. The third-order valence-corrected chi connectivity index (χ3v) is 5.67. The summed E-state index contributed by atoms with van der Waals surface area (Å²) in [5.74, 6) is -0.726. The van der Waals surface area contributed by atoms with E-state index in [9.17, 15) is 14.3 Å². The fourth-order valence-corrected chi connectivity index (χ4v) is 3.90. The zero-order chi connectivity index (χ0) is 24.5. The van der Waals surface area contributed by atoms with Crippen molar-refractivity contribution in [3.05, 3.63) is 77.1 Å². The van der Waals surface area contributed by atoms with E-state index in [1.807, 2.05) is 32.1 Å². The van der Waals surface area contributed by atoms with Crippen LogP contribution >= 0.6 is 34.8 Å². The second-order valence-electron chi connectivity index (χ2n) is 7.84. The Bertz CT molecular complexity index is 945. The monoisotopic (exact) mass is 514 g/mol. The van der Waals surface area contributed by atoms with E-state index in [1.165, 1.54) is 12.1 Å². The van der Waals surface area contributed by atoms with Crippen LogP contribution in [0.1, 0.15) is 37.8 Å². The van der Waals surface area contributed by atoms with E-state index in [4.69, 9.17) is 34.8 Å². The van der Waals surface area contributed by atoms with E-state index in [1.54, 1.807) is 24.3 Å². The van der Waals surface area contributed by atoms with Gasteiger partial charge in [0.05, 0.1) is 5.54 Å². The van der Waals surface area contributed by atoms with Crippen molar-refractivity contribution in [1.29, 1.82) is 0 Å². The summed E-state index contributed by atoms with van der Waals surface area (Å²) >= 11 is 17.2. The molecule has 0 aromatic heterocycles. The molecule has 33 heavy (non-hydrogen) atoms. The Hall–Kier alpha value is -1.79. The molecule has 2 aromatic rings. The Balaban J connectivity index is 0.00000187. The summed E-state index contributed by atoms with van der Waals surface area (Å²) < 4.78 is 11.2. The van der Waals surface area contributed by atoms with Gasteiger partial charge in [-0.3, -0.25) is 4.79 Å². The van der Waals surface area contributed by atoms with Gasteiger partial charge in [0.25, 0.3) is 9.70 Å². The third kappa shape index (κ3) is 8.82. The summed E-state index contributed by atoms with van der Waals surface area (Å²) in [5, 5.41) is 15.7. The van der Waals surface area contributed by atoms with Gasteiger partial charge in [0.1, 0.15) is 11.6 Å². The van der Waals surface area contributed by atoms with Gasteiger partial charge < -0.3 is 15.7 Å². The van der Waals surface area contributed by atoms with Gasteiger partial charge in [-0.05, 0) is 67.6 Å². The highest BCUT2D eigenvalue weighted by Gasteiger charge is 2.42. The van der Waals surface area contributed by atoms with Crippen LogP contribution in [-0.4, -0.2) is 33.4 Å². The number of hydrogen-bond acceptors (Lipinski definition) is 3. The van der Waals surface area contributed by atoms with Gasteiger partial charge in [-0.2, -0.15) is 0 Å². The molecule has 0 bridgehead atoms. The van der Waals surface area contributed by atoms with Crippen LogP contribution in [-0.2, 0) is 17.6 Å². The number of phenolic OH excluding ortho intramolecular Hbond substituents is 1. The van der Waals surface area contributed by atoms with Gasteiger partial charge in [0.15, 0.2) is 0 Å². The molecule has 180 valence electrons. The highest BCUT2D eigenvalue weighted by Crippen LogP contribution is 2.36. The number of aryl methyl sites for hydroxylation is 1. The molecule has 1 atom stereocenters. The number of rotatable bonds is 9. The van der Waals surface area contributed by atoms with E-state index in [0.717, 1.165) is 36.1 Å². The number of carbonyl (C=O) groups is 1. The van der Waals surface area contributed by atoms with Crippen molar-refractivity contribution in [2.45, 2.75) is 48.9 Å². The van der Waals surface area contributed by atoms with Gasteiger partial charge >= 0.3 is 0 Å². The molecule has 3 rings (SSSR count). The fraction of sp³-hybridized carbons (Fsp3) is 0.400. The zero-order valence-electron chi connectivity index (χ0n) is 18.8. The van der Waals surface area contributed by atoms with E-state index in [-0.39, 0.29) is 11.6 Å². The maximum Gasteiger partial charge on any atom is 0.272 e. The fourth-order valence-electron chi connectivity index (χ4n) is 3.76. The SMILES string of the molecule is CC.O=C(NC1(Cc2ccc(F)cc2)C=C(CNCCCc2cccc(O)c2)C1)C(Cl)(Cl)Cl. The van der Waals surface area contributed by atoms with Gasteiger partial charge in [0, 0.05) is 6.54 Å². The van der Waals surface area contributed by atoms with Crippen molar-refractivity contribution in [3.8, 4) is 5.75 Å². The first kappa shape index (κ1) is 27.5. The van der Waals surface area contributed by atoms with Crippen LogP contribution in [0.15, 0.2) is 60.2 Å². The van der Waals surface area contributed by atoms with Gasteiger partial charge in [-0.15, -0.1) is 0 Å². The summed E-state index contributed by atoms with van der Waals surface area (Å²) in [4.78, 5) is 12.3. The molecule has 0 heterocycles. The van der Waals surface area contributed by atoms with Crippen molar-refractivity contribution in [2.24, 2.45) is 0 Å². The molecule has 0 saturated heterocycles. The van der Waals surface area contributed by atoms with E-state index in [0.29, 0.717) is 19.4 Å². The summed E-state index contributed by atoms with van der Waals surface area (Å²) in [6.07, 6.45) is 4.86. The van der Waals surface area contributed by atoms with Crippen LogP contribution < -0.4 is 10.6 Å². The van der Waals surface area contributed by atoms with Crippen LogP contribution in [0.4, 0.5) is 4.39 Å². The number of aromatic hydroxyl groups is 1. The van der Waals surface area contributed by atoms with Gasteiger partial charge in [-0.1, -0.05) is 84.6 Å². The number of benzene rings is 2. The molecular weight excluding hydrogens is 486 g/mol. The molecule has 3 N–H and O–H groups in total. The number of nitrogens with one attached hydrogen (secondary N) is 2. The molecule has 0 saturated carbocycles. The second kappa shape index (κ2) is 12.6. The highest BCUT2D eigenvalue weighted by molar-refractivity contribution is 6.76. The Morgan fingerprint density at radius 3 is 2.39 bits per heavy atom. The largest absolute Gasteiger partial charge is 0.508 e. The molecule has 1 aliphatic carbocycles. The Labute approximate surface area is 210 Å². The lowest BCUT2D eigenvalue weighted by Gasteiger charge is -2.42. The molecule has 0 fully saturated rings. The standard InChI is InChI=1S/C23H24Cl3FN2O2.C2H6/c24-23(25,26)21(31)29-22(12-17-6-8-19(27)9-7-17)13-18(14-22)15-28-10-2-4-16-3-1-5-20(30)11-16;1-2/h1,3,5-9,11,13,28,30H,2,4,10,12,14-15H2,(H,29,31);1-2H3. The normalized spacial score (nSPS) is 17.3. The maximum atomic E-state index is 13.2. The Kier molecular flexibility index (Phi) is 10.5. The Morgan fingerprint density at radius 1 is 1.12 bits per heavy atom. The minimum atomic E-state index is -2.05. The average Bonchev–Trinajstić information content (AvgIpc) is 2.74. The van der Waals surface area contributed by atoms with Crippen molar-refractivity contribution in [2.75, 3.05) is 13.1 Å². The highest BCUT2D eigenvalue weighted by atomic mass is 35.6. The maximum absolute atomic E-state index is 13.2. The predicted molar refractivity (Wildman–Crippen MR) is 135 cm³/mol. The van der Waals surface area contributed by atoms with E-state index < -0.39 is 15.2 Å². The molecule has 0 radical (unpaired) electrons. The smallest absolute Gasteiger partial charge is 0.272 e. The molecule has 2 aromatic carbocycles. The summed E-state index contributed by atoms with van der Waals surface area (Å²) in [7, 11) is 0. The van der Waals surface area contributed by atoms with Crippen molar-refractivity contribution in [3.63, 3.8) is 0 Å². The number of amides is 1. The second-order valence-corrected chi connectivity index (χ2v) is 10.1. The average molecular weight is 516 g/mol. The van der Waals surface area contributed by atoms with Crippen LogP contribution in [0.2, 0.25) is 0 Å². The third-order valence-electron chi connectivity index (χ3n) is 5.16. The molecule has 1 unspecified atom stereocenters. The van der Waals surface area contributed by atoms with Crippen LogP contribution in [0.25, 0.3) is 0 Å². The first-order chi connectivity index (χ1) is 15.7. The molecule has 8 heteroatoms. The van der Waals surface area contributed by atoms with Crippen LogP contribution in [0.5, 0.6) is 5.75 Å². The van der Waals surface area contributed by atoms with E-state index in [2.05, 4.69) is 10.6 Å². The summed E-state index contributed by atoms with van der Waals surface area (Å²) in [6.45, 7) is 5.51. The first-order valence-electron chi connectivity index (χ1n) is 11.0. The zero-order valence-corrected chi connectivity index (χ0v) is 21.1. The van der Waals surface area contributed by atoms with Crippen molar-refractivity contribution < 1.29 is 14.3 Å². The number of phenols is 1. The molecule has 0 aliphatic heterocycles. The quantitative estimate of drug-likeness (QED) is 0.222. The number of carbonyl (C=O) groups excluding carboxylic acids is 1. The van der Waals surface area contributed by atoms with Gasteiger partial charge in [0.2, 0.25) is 0 Å². The number of alkyl halides is 3. The van der Waals surface area contributed by atoms with Crippen LogP contribution in [0, 0.1) is 5.82 Å². The minimum Gasteiger partial charge on any atom is -0.508 e. The van der Waals surface area contributed by atoms with Crippen LogP contribution in [0.3, 0.4) is 0 Å².